The molecule has 0 amide bonds. The smallest absolute Gasteiger partial charge is 0.435 e. The summed E-state index contributed by atoms with van der Waals surface area (Å²) in [6.45, 7) is 3.79. The van der Waals surface area contributed by atoms with Crippen molar-refractivity contribution in [2.75, 3.05) is 13.2 Å². The minimum absolute atomic E-state index is 0. The summed E-state index contributed by atoms with van der Waals surface area (Å²) in [6.07, 6.45) is -17.4. The number of halogens is 20. The molecule has 0 unspecified atom stereocenters. The topological polar surface area (TPSA) is 142 Å². The Bertz CT molecular complexity index is 2600. The van der Waals surface area contributed by atoms with Crippen LogP contribution in [-0.2, 0) is 20.8 Å². The number of terminal acetylenes is 1. The average Bonchev–Trinajstić information content (AvgIpc) is 3.94. The van der Waals surface area contributed by atoms with Gasteiger partial charge in [-0.1, -0.05) is 75.5 Å². The normalized spacial score (nSPS) is 12.1. The van der Waals surface area contributed by atoms with E-state index in [1.54, 1.807) is 19.9 Å². The Morgan fingerprint density at radius 3 is 1.41 bits per heavy atom. The van der Waals surface area contributed by atoms with Gasteiger partial charge in [0.1, 0.15) is 14.4 Å². The monoisotopic (exact) mass is 1140 g/mol. The Morgan fingerprint density at radius 2 is 1.06 bits per heavy atom. The van der Waals surface area contributed by atoms with Crippen LogP contribution in [0.3, 0.4) is 0 Å². The number of benzene rings is 2. The van der Waals surface area contributed by atoms with E-state index in [9.17, 15) is 71.1 Å². The van der Waals surface area contributed by atoms with Crippen LogP contribution >= 0.6 is 92.3 Å². The van der Waals surface area contributed by atoms with Gasteiger partial charge in [0.25, 0.3) is 0 Å². The van der Waals surface area contributed by atoms with Gasteiger partial charge in [0, 0.05) is 27.8 Å². The number of hydrogen-bond acceptors (Lipinski definition) is 8. The van der Waals surface area contributed by atoms with Gasteiger partial charge in [-0.15, -0.1) is 29.1 Å². The zero-order valence-corrected chi connectivity index (χ0v) is 39.3. The van der Waals surface area contributed by atoms with Crippen molar-refractivity contribution in [3.05, 3.63) is 111 Å². The Balaban J connectivity index is 0.000000394. The Labute approximate surface area is 411 Å². The van der Waals surface area contributed by atoms with E-state index >= 15 is 0 Å². The first-order valence-corrected chi connectivity index (χ1v) is 21.1. The summed E-state index contributed by atoms with van der Waals surface area (Å²) in [6, 6.07) is 3.60. The molecule has 3 aromatic heterocycles. The van der Waals surface area contributed by atoms with Gasteiger partial charge in [-0.25, -0.2) is 23.1 Å². The molecule has 68 heavy (non-hydrogen) atoms. The molecule has 9 nitrogen and oxygen atoms in total. The second-order valence-electron chi connectivity index (χ2n) is 12.4. The van der Waals surface area contributed by atoms with Crippen molar-refractivity contribution in [1.29, 1.82) is 0 Å². The number of nitrogens with two attached hydrogens (primary N) is 2. The van der Waals surface area contributed by atoms with Crippen LogP contribution in [0.25, 0.3) is 22.3 Å². The maximum Gasteiger partial charge on any atom is 0.435 e. The van der Waals surface area contributed by atoms with Crippen LogP contribution in [0.5, 0.6) is 0 Å². The first-order valence-electron chi connectivity index (χ1n) is 17.2. The summed E-state index contributed by atoms with van der Waals surface area (Å²) in [5.74, 6) is 1.33. The van der Waals surface area contributed by atoms with Crippen LogP contribution in [0.2, 0.25) is 28.8 Å². The Morgan fingerprint density at radius 1 is 0.676 bits per heavy atom. The minimum Gasteiger partial charge on any atom is -0.693 e. The molecule has 5 rings (SSSR count). The number of carbonyl (C=O) groups is 2. The predicted molar refractivity (Wildman–Crippen MR) is 227 cm³/mol. The number of rotatable bonds is 9. The van der Waals surface area contributed by atoms with E-state index in [-0.39, 0.29) is 52.6 Å². The van der Waals surface area contributed by atoms with Crippen LogP contribution in [0.4, 0.5) is 67.2 Å². The van der Waals surface area contributed by atoms with Crippen molar-refractivity contribution < 1.29 is 86.1 Å². The molecule has 0 aliphatic heterocycles. The number of carbonyl (C=O) groups excluding carboxylic acids is 2. The zero-order valence-electron chi connectivity index (χ0n) is 33.1. The average molecular weight is 1140 g/mol. The highest BCUT2D eigenvalue weighted by molar-refractivity contribution is 7.19. The molecule has 0 radical (unpaired) electrons. The van der Waals surface area contributed by atoms with Gasteiger partial charge in [0.15, 0.2) is 5.69 Å². The number of hydrogen-bond donors (Lipinski definition) is 1. The summed E-state index contributed by atoms with van der Waals surface area (Å²) in [5, 5.41) is 3.99. The lowest BCUT2D eigenvalue weighted by Crippen LogP contribution is -2.50. The fraction of sp³-hybridized carbons (Fsp3) is 0.270. The molecule has 4 N–H and O–H groups in total. The van der Waals surface area contributed by atoms with Gasteiger partial charge in [0.05, 0.1) is 55.5 Å². The minimum atomic E-state index is -6.33. The van der Waals surface area contributed by atoms with E-state index in [0.29, 0.717) is 31.8 Å². The van der Waals surface area contributed by atoms with Gasteiger partial charge in [-0.2, -0.15) is 63.3 Å². The maximum atomic E-state index is 14.4. The molecule has 0 atom stereocenters. The van der Waals surface area contributed by atoms with E-state index in [4.69, 9.17) is 91.0 Å². The highest BCUT2D eigenvalue weighted by atomic mass is 35.5. The third-order valence-electron chi connectivity index (χ3n) is 8.12. The SMILES string of the molecule is C#Cc1cc(C(=O)OCC)c(Cl)s1.CCOC(=O)c1cc(-c2cnn(-c3c(Cl)cc(C(F)(C(F)(F)F)C(F)(F)F)cc3Cl)c2)sc1Cl.[NH2+]=Nc1c(Cl)cc(C(F)(C(F)(F)F)C(F)(F)F)cc1Cl.[NH2-]. The van der Waals surface area contributed by atoms with E-state index in [1.165, 1.54) is 29.8 Å². The second kappa shape index (κ2) is 22.7. The molecule has 0 fully saturated rings. The van der Waals surface area contributed by atoms with Crippen molar-refractivity contribution in [2.45, 2.75) is 49.9 Å². The van der Waals surface area contributed by atoms with Crippen LogP contribution < -0.4 is 5.53 Å². The number of alkyl halides is 14. The van der Waals surface area contributed by atoms with Crippen molar-refractivity contribution in [3.8, 4) is 28.5 Å². The summed E-state index contributed by atoms with van der Waals surface area (Å²) in [5.41, 5.74) is -10.1. The molecular formula is C37H23Cl6F14N5O4S2. The van der Waals surface area contributed by atoms with Gasteiger partial charge in [-0.3, -0.25) is 0 Å². The molecule has 0 aliphatic rings. The van der Waals surface area contributed by atoms with Gasteiger partial charge < -0.3 is 15.6 Å². The zero-order chi connectivity index (χ0) is 51.4. The fourth-order valence-electron chi connectivity index (χ4n) is 5.07. The van der Waals surface area contributed by atoms with E-state index in [1.807, 2.05) is 0 Å². The largest absolute Gasteiger partial charge is 0.693 e. The highest BCUT2D eigenvalue weighted by Crippen LogP contribution is 2.56. The van der Waals surface area contributed by atoms with Crippen LogP contribution in [0.15, 0.2) is 53.9 Å². The quantitative estimate of drug-likeness (QED) is 0.0677. The third kappa shape index (κ3) is 12.6. The van der Waals surface area contributed by atoms with Crippen molar-refractivity contribution in [1.82, 2.24) is 9.78 Å². The highest BCUT2D eigenvalue weighted by Gasteiger charge is 2.74. The van der Waals surface area contributed by atoms with E-state index in [0.717, 1.165) is 16.0 Å². The summed E-state index contributed by atoms with van der Waals surface area (Å²) in [7, 11) is 0. The molecule has 0 spiro atoms. The number of esters is 2. The Kier molecular flexibility index (Phi) is 20.1. The van der Waals surface area contributed by atoms with Crippen molar-refractivity contribution in [3.63, 3.8) is 0 Å². The van der Waals surface area contributed by atoms with Gasteiger partial charge in [0.2, 0.25) is 0 Å². The second-order valence-corrected chi connectivity index (χ2v) is 17.3. The van der Waals surface area contributed by atoms with Gasteiger partial charge >= 0.3 is 48.0 Å². The molecule has 5 aromatic rings. The van der Waals surface area contributed by atoms with E-state index < -0.39 is 84.9 Å². The molecule has 0 bridgehead atoms. The lowest BCUT2D eigenvalue weighted by atomic mass is 9.94. The number of nitrogens with zero attached hydrogens (tertiary/aromatic N) is 3. The standard InChI is InChI=1S/C19H10Cl3F7N2O2S.C9H3Cl2F7N2.C9H7ClO2S.H2N/c1-2-33-16(32)10-5-13(34-15(10)22)8-6-30-31(7-8)14-11(20)3-9(4-12(14)21)17(23,18(24,25)26)19(27,28)29;10-4-1-3(2-5(11)6(4)20-19)7(12,8(13,14)15)9(16,17)18;1-3-6-5-7(8(10)13-6)9(11)12-4-2;/h3-7H,2H2,1H3;1-2,19H;1,5H,4H2,2H3;1H2/q;;;-1/p+1. The molecule has 2 aromatic carbocycles. The molecule has 372 valence electrons. The van der Waals surface area contributed by atoms with Crippen LogP contribution in [-0.4, -0.2) is 59.6 Å². The number of thiophene rings is 2. The first-order chi connectivity index (χ1) is 30.7. The third-order valence-corrected chi connectivity index (χ3v) is 12.0. The summed E-state index contributed by atoms with van der Waals surface area (Å²) < 4.78 is 193. The van der Waals surface area contributed by atoms with Crippen LogP contribution in [0.1, 0.15) is 50.6 Å². The maximum absolute atomic E-state index is 14.4. The van der Waals surface area contributed by atoms with Crippen LogP contribution in [0, 0.1) is 12.3 Å². The van der Waals surface area contributed by atoms with Gasteiger partial charge in [-0.05, 0) is 55.4 Å². The molecule has 3 heterocycles. The lowest BCUT2D eigenvalue weighted by molar-refractivity contribution is -0.349. The molecular weight excluding hydrogens is 1120 g/mol. The lowest BCUT2D eigenvalue weighted by Gasteiger charge is -2.30. The molecule has 0 saturated heterocycles. The molecule has 31 heteroatoms. The fourth-order valence-corrected chi connectivity index (χ4v) is 8.60. The number of ether oxygens (including phenoxy) is 2. The van der Waals surface area contributed by atoms with E-state index in [2.05, 4.69) is 16.1 Å². The molecule has 0 aliphatic carbocycles. The summed E-state index contributed by atoms with van der Waals surface area (Å²) in [4.78, 5) is 24.2. The van der Waals surface area contributed by atoms with Crippen molar-refractivity contribution >= 4 is 110 Å². The van der Waals surface area contributed by atoms with Crippen molar-refractivity contribution in [2.24, 2.45) is 5.11 Å². The Hall–Kier alpha value is -4.13. The number of aromatic nitrogens is 2. The summed E-state index contributed by atoms with van der Waals surface area (Å²) >= 11 is 36.6. The predicted octanol–water partition coefficient (Wildman–Crippen LogP) is 15.4. The molecule has 0 saturated carbocycles. The first kappa shape index (κ1) is 60.0.